The molecule has 3 rings (SSSR count). The maximum Gasteiger partial charge on any atom is 0.227 e. The summed E-state index contributed by atoms with van der Waals surface area (Å²) >= 11 is 0. The quantitative estimate of drug-likeness (QED) is 0.861. The lowest BCUT2D eigenvalue weighted by molar-refractivity contribution is -0.133. The topological polar surface area (TPSA) is 46.3 Å². The summed E-state index contributed by atoms with van der Waals surface area (Å²) in [6.45, 7) is 1.78. The number of nitrogens with zero attached hydrogens (tertiary/aromatic N) is 1. The van der Waals surface area contributed by atoms with Crippen molar-refractivity contribution in [1.82, 2.24) is 4.90 Å². The number of carbonyl (C=O) groups excluding carboxylic acids is 1. The summed E-state index contributed by atoms with van der Waals surface area (Å²) in [5, 5.41) is 0. The Morgan fingerprint density at radius 3 is 2.33 bits per heavy atom. The molecule has 1 aromatic carbocycles. The molecule has 3 heteroatoms. The normalized spacial score (nSPS) is 28.2. The highest BCUT2D eigenvalue weighted by molar-refractivity contribution is 5.82. The van der Waals surface area contributed by atoms with Crippen LogP contribution in [0, 0.1) is 5.92 Å². The van der Waals surface area contributed by atoms with Gasteiger partial charge in [-0.15, -0.1) is 0 Å². The van der Waals surface area contributed by atoms with Crippen molar-refractivity contribution in [2.75, 3.05) is 13.1 Å². The first-order chi connectivity index (χ1) is 8.75. The van der Waals surface area contributed by atoms with Crippen LogP contribution in [0.1, 0.15) is 30.7 Å². The average Bonchev–Trinajstić information content (AvgIpc) is 3.16. The molecule has 2 fully saturated rings. The molecule has 2 atom stereocenters. The number of nitrogens with two attached hydrogens (primary N) is 1. The Balaban J connectivity index is 1.57. The minimum Gasteiger partial charge on any atom is -0.342 e. The minimum atomic E-state index is 0.123. The number of likely N-dealkylation sites (tertiary alicyclic amines) is 1. The number of hydrogen-bond donors (Lipinski definition) is 1. The monoisotopic (exact) mass is 244 g/mol. The number of benzene rings is 1. The predicted molar refractivity (Wildman–Crippen MR) is 71.1 cm³/mol. The second kappa shape index (κ2) is 4.73. The van der Waals surface area contributed by atoms with Crippen molar-refractivity contribution in [3.8, 4) is 0 Å². The second-order valence-electron chi connectivity index (χ2n) is 5.52. The van der Waals surface area contributed by atoms with Crippen LogP contribution in [-0.2, 0) is 4.79 Å². The Hall–Kier alpha value is -1.35. The van der Waals surface area contributed by atoms with Gasteiger partial charge in [-0.2, -0.15) is 0 Å². The molecule has 3 nitrogen and oxygen atoms in total. The predicted octanol–water partition coefficient (Wildman–Crippen LogP) is 1.74. The van der Waals surface area contributed by atoms with Gasteiger partial charge in [0.15, 0.2) is 0 Å². The van der Waals surface area contributed by atoms with E-state index in [1.165, 1.54) is 5.56 Å². The van der Waals surface area contributed by atoms with E-state index in [0.29, 0.717) is 5.92 Å². The van der Waals surface area contributed by atoms with Gasteiger partial charge in [-0.25, -0.2) is 0 Å². The molecule has 1 aliphatic carbocycles. The molecular formula is C15H20N2O. The first kappa shape index (κ1) is 11.7. The van der Waals surface area contributed by atoms with Crippen LogP contribution in [0.5, 0.6) is 0 Å². The molecule has 1 saturated carbocycles. The van der Waals surface area contributed by atoms with Gasteiger partial charge in [0.05, 0.1) is 5.92 Å². The van der Waals surface area contributed by atoms with E-state index in [1.54, 1.807) is 0 Å². The molecule has 1 saturated heterocycles. The van der Waals surface area contributed by atoms with E-state index in [2.05, 4.69) is 30.3 Å². The summed E-state index contributed by atoms with van der Waals surface area (Å²) in [7, 11) is 0. The first-order valence-corrected chi connectivity index (χ1v) is 6.85. The van der Waals surface area contributed by atoms with Crippen molar-refractivity contribution in [1.29, 1.82) is 0 Å². The van der Waals surface area contributed by atoms with Crippen LogP contribution in [0.2, 0.25) is 0 Å². The molecule has 0 spiro atoms. The Morgan fingerprint density at radius 1 is 1.17 bits per heavy atom. The Labute approximate surface area is 108 Å². The van der Waals surface area contributed by atoms with Gasteiger partial charge in [-0.3, -0.25) is 4.79 Å². The number of piperidine rings is 1. The van der Waals surface area contributed by atoms with Gasteiger partial charge >= 0.3 is 0 Å². The average molecular weight is 244 g/mol. The number of rotatable bonds is 2. The van der Waals surface area contributed by atoms with Crippen LogP contribution in [-0.4, -0.2) is 29.9 Å². The highest BCUT2D eigenvalue weighted by atomic mass is 16.2. The van der Waals surface area contributed by atoms with Crippen molar-refractivity contribution in [2.24, 2.45) is 11.7 Å². The van der Waals surface area contributed by atoms with Crippen LogP contribution < -0.4 is 5.73 Å². The summed E-state index contributed by atoms with van der Waals surface area (Å²) in [5.74, 6) is 1.02. The molecule has 2 aliphatic rings. The highest BCUT2D eigenvalue weighted by Gasteiger charge is 2.42. The summed E-state index contributed by atoms with van der Waals surface area (Å²) in [6.07, 6.45) is 3.05. The van der Waals surface area contributed by atoms with Gasteiger partial charge < -0.3 is 10.6 Å². The fourth-order valence-corrected chi connectivity index (χ4v) is 2.89. The van der Waals surface area contributed by atoms with E-state index in [9.17, 15) is 4.79 Å². The third kappa shape index (κ3) is 2.27. The number of amides is 1. The zero-order chi connectivity index (χ0) is 12.5. The third-order valence-corrected chi connectivity index (χ3v) is 4.23. The zero-order valence-corrected chi connectivity index (χ0v) is 10.6. The van der Waals surface area contributed by atoms with Crippen molar-refractivity contribution >= 4 is 5.91 Å². The van der Waals surface area contributed by atoms with Crippen molar-refractivity contribution in [2.45, 2.75) is 31.2 Å². The molecule has 0 radical (unpaired) electrons. The van der Waals surface area contributed by atoms with Crippen LogP contribution in [0.15, 0.2) is 30.3 Å². The molecule has 2 unspecified atom stereocenters. The van der Waals surface area contributed by atoms with E-state index < -0.39 is 0 Å². The molecule has 1 amide bonds. The standard InChI is InChI=1S/C15H20N2O/c16-14-10-13(14)15(18)17-8-6-12(7-9-17)11-4-2-1-3-5-11/h1-5,12-14H,6-10,16H2. The summed E-state index contributed by atoms with van der Waals surface area (Å²) in [5.41, 5.74) is 7.15. The molecule has 0 aromatic heterocycles. The van der Waals surface area contributed by atoms with Gasteiger partial charge in [-0.1, -0.05) is 30.3 Å². The lowest BCUT2D eigenvalue weighted by Crippen LogP contribution is -2.39. The molecule has 1 aliphatic heterocycles. The molecular weight excluding hydrogens is 224 g/mol. The Bertz CT molecular complexity index is 423. The molecule has 0 bridgehead atoms. The first-order valence-electron chi connectivity index (χ1n) is 6.85. The maximum atomic E-state index is 12.1. The van der Waals surface area contributed by atoms with Crippen molar-refractivity contribution in [3.63, 3.8) is 0 Å². The molecule has 2 N–H and O–H groups in total. The maximum absolute atomic E-state index is 12.1. The third-order valence-electron chi connectivity index (χ3n) is 4.23. The van der Waals surface area contributed by atoms with E-state index in [1.807, 2.05) is 4.90 Å². The van der Waals surface area contributed by atoms with Crippen LogP contribution in [0.25, 0.3) is 0 Å². The largest absolute Gasteiger partial charge is 0.342 e. The lowest BCUT2D eigenvalue weighted by atomic mass is 9.89. The van der Waals surface area contributed by atoms with E-state index in [4.69, 9.17) is 5.73 Å². The van der Waals surface area contributed by atoms with E-state index >= 15 is 0 Å². The summed E-state index contributed by atoms with van der Waals surface area (Å²) in [4.78, 5) is 14.1. The van der Waals surface area contributed by atoms with Crippen molar-refractivity contribution in [3.05, 3.63) is 35.9 Å². The fraction of sp³-hybridized carbons (Fsp3) is 0.533. The van der Waals surface area contributed by atoms with Gasteiger partial charge in [0, 0.05) is 19.1 Å². The number of hydrogen-bond acceptors (Lipinski definition) is 2. The fourth-order valence-electron chi connectivity index (χ4n) is 2.89. The SMILES string of the molecule is NC1CC1C(=O)N1CCC(c2ccccc2)CC1. The molecule has 1 aromatic rings. The highest BCUT2D eigenvalue weighted by Crippen LogP contribution is 2.33. The molecule has 96 valence electrons. The van der Waals surface area contributed by atoms with Crippen LogP contribution in [0.4, 0.5) is 0 Å². The Kier molecular flexibility index (Phi) is 3.08. The van der Waals surface area contributed by atoms with Gasteiger partial charge in [0.2, 0.25) is 5.91 Å². The summed E-state index contributed by atoms with van der Waals surface area (Å²) < 4.78 is 0. The lowest BCUT2D eigenvalue weighted by Gasteiger charge is -2.32. The van der Waals surface area contributed by atoms with Crippen LogP contribution >= 0.6 is 0 Å². The zero-order valence-electron chi connectivity index (χ0n) is 10.6. The smallest absolute Gasteiger partial charge is 0.227 e. The summed E-state index contributed by atoms with van der Waals surface area (Å²) in [6, 6.07) is 10.8. The van der Waals surface area contributed by atoms with Crippen LogP contribution in [0.3, 0.4) is 0 Å². The minimum absolute atomic E-state index is 0.123. The van der Waals surface area contributed by atoms with E-state index in [-0.39, 0.29) is 17.9 Å². The van der Waals surface area contributed by atoms with Gasteiger partial charge in [0.25, 0.3) is 0 Å². The molecule has 18 heavy (non-hydrogen) atoms. The van der Waals surface area contributed by atoms with Gasteiger partial charge in [0.1, 0.15) is 0 Å². The Morgan fingerprint density at radius 2 is 1.78 bits per heavy atom. The number of carbonyl (C=O) groups is 1. The van der Waals surface area contributed by atoms with E-state index in [0.717, 1.165) is 32.4 Å². The molecule has 1 heterocycles. The second-order valence-corrected chi connectivity index (χ2v) is 5.52. The van der Waals surface area contributed by atoms with Crippen molar-refractivity contribution < 1.29 is 4.79 Å². The van der Waals surface area contributed by atoms with Gasteiger partial charge in [-0.05, 0) is 30.7 Å².